The van der Waals surface area contributed by atoms with E-state index in [1.54, 1.807) is 42.7 Å². The molecule has 1 aromatic heterocycles. The molecule has 0 aliphatic carbocycles. The van der Waals surface area contributed by atoms with Gasteiger partial charge in [0.1, 0.15) is 23.4 Å². The number of ketones is 1. The molecule has 2 unspecified atom stereocenters. The van der Waals surface area contributed by atoms with E-state index in [0.29, 0.717) is 29.9 Å². The zero-order valence-electron chi connectivity index (χ0n) is 19.6. The second-order valence-electron chi connectivity index (χ2n) is 8.71. The molecule has 0 saturated carbocycles. The maximum Gasteiger partial charge on any atom is 0.295 e. The van der Waals surface area contributed by atoms with Crippen molar-refractivity contribution in [2.75, 3.05) is 6.61 Å². The van der Waals surface area contributed by atoms with Gasteiger partial charge in [0.05, 0.1) is 18.2 Å². The van der Waals surface area contributed by atoms with Gasteiger partial charge in [0.25, 0.3) is 11.7 Å². The zero-order valence-corrected chi connectivity index (χ0v) is 19.6. The van der Waals surface area contributed by atoms with Crippen LogP contribution < -0.4 is 9.47 Å². The van der Waals surface area contributed by atoms with Crippen molar-refractivity contribution in [3.8, 4) is 11.5 Å². The van der Waals surface area contributed by atoms with E-state index in [1.165, 1.54) is 4.90 Å². The summed E-state index contributed by atoms with van der Waals surface area (Å²) in [6.45, 7) is 4.46. The number of aliphatic hydroxyl groups excluding tert-OH is 1. The molecule has 0 spiro atoms. The molecule has 3 aromatic rings. The van der Waals surface area contributed by atoms with Crippen LogP contribution in [0.5, 0.6) is 11.5 Å². The fourth-order valence-electron chi connectivity index (χ4n) is 4.77. The minimum Gasteiger partial charge on any atom is -0.507 e. The van der Waals surface area contributed by atoms with Crippen LogP contribution in [0.2, 0.25) is 0 Å². The predicted octanol–water partition coefficient (Wildman–Crippen LogP) is 4.43. The van der Waals surface area contributed by atoms with Crippen LogP contribution in [0.25, 0.3) is 5.76 Å². The summed E-state index contributed by atoms with van der Waals surface area (Å²) in [5, 5.41) is 11.4. The van der Waals surface area contributed by atoms with Crippen LogP contribution in [0.4, 0.5) is 0 Å². The lowest BCUT2D eigenvalue weighted by Gasteiger charge is -2.27. The monoisotopic (exact) mass is 470 g/mol. The third kappa shape index (κ3) is 4.14. The topological polar surface area (TPSA) is 89.0 Å². The number of carbonyl (C=O) groups excluding carboxylic acids is 2. The molecule has 1 N–H and O–H groups in total. The SMILES string of the molecule is CCOc1ccccc1C1/C(=C(/O)c2ccc3c(c2)CC(C)O3)C(=O)C(=O)N1Cc1ccncc1. The van der Waals surface area contributed by atoms with E-state index in [4.69, 9.17) is 9.47 Å². The molecule has 7 heteroatoms. The molecule has 2 aliphatic heterocycles. The van der Waals surface area contributed by atoms with E-state index in [9.17, 15) is 14.7 Å². The Hall–Kier alpha value is -4.13. The van der Waals surface area contributed by atoms with E-state index in [2.05, 4.69) is 4.98 Å². The fourth-order valence-corrected chi connectivity index (χ4v) is 4.77. The minimum absolute atomic E-state index is 0.0446. The van der Waals surface area contributed by atoms with Gasteiger partial charge in [-0.05, 0) is 61.4 Å². The highest BCUT2D eigenvalue weighted by Crippen LogP contribution is 2.44. The predicted molar refractivity (Wildman–Crippen MR) is 130 cm³/mol. The van der Waals surface area contributed by atoms with Crippen molar-refractivity contribution in [1.29, 1.82) is 0 Å². The third-order valence-corrected chi connectivity index (χ3v) is 6.33. The van der Waals surface area contributed by atoms with Gasteiger partial charge in [-0.25, -0.2) is 0 Å². The van der Waals surface area contributed by atoms with Gasteiger partial charge in [-0.15, -0.1) is 0 Å². The number of rotatable bonds is 6. The average Bonchev–Trinajstić information content (AvgIpc) is 3.36. The number of nitrogens with zero attached hydrogens (tertiary/aromatic N) is 2. The molecule has 35 heavy (non-hydrogen) atoms. The number of Topliss-reactive ketones (excluding diaryl/α,β-unsaturated/α-hetero) is 1. The van der Waals surface area contributed by atoms with Gasteiger partial charge in [-0.1, -0.05) is 18.2 Å². The fraction of sp³-hybridized carbons (Fsp3) is 0.250. The van der Waals surface area contributed by atoms with Gasteiger partial charge < -0.3 is 19.5 Å². The molecule has 7 nitrogen and oxygen atoms in total. The van der Waals surface area contributed by atoms with Crippen molar-refractivity contribution in [2.45, 2.75) is 39.0 Å². The Morgan fingerprint density at radius 2 is 1.91 bits per heavy atom. The Morgan fingerprint density at radius 1 is 1.14 bits per heavy atom. The maximum absolute atomic E-state index is 13.4. The summed E-state index contributed by atoms with van der Waals surface area (Å²) >= 11 is 0. The van der Waals surface area contributed by atoms with E-state index in [1.807, 2.05) is 38.1 Å². The maximum atomic E-state index is 13.4. The van der Waals surface area contributed by atoms with Crippen LogP contribution in [-0.4, -0.2) is 39.4 Å². The number of ether oxygens (including phenoxy) is 2. The number of fused-ring (bicyclic) bond motifs is 1. The Balaban J connectivity index is 1.66. The van der Waals surface area contributed by atoms with Crippen LogP contribution in [-0.2, 0) is 22.6 Å². The van der Waals surface area contributed by atoms with Gasteiger partial charge >= 0.3 is 0 Å². The highest BCUT2D eigenvalue weighted by atomic mass is 16.5. The number of benzene rings is 2. The first-order valence-electron chi connectivity index (χ1n) is 11.7. The summed E-state index contributed by atoms with van der Waals surface area (Å²) in [5.74, 6) is -0.274. The lowest BCUT2D eigenvalue weighted by atomic mass is 9.93. The molecule has 1 amide bonds. The number of para-hydroxylation sites is 1. The van der Waals surface area contributed by atoms with Crippen LogP contribution in [0, 0.1) is 0 Å². The number of pyridine rings is 1. The Kier molecular flexibility index (Phi) is 5.99. The molecule has 1 saturated heterocycles. The van der Waals surface area contributed by atoms with Gasteiger partial charge in [-0.2, -0.15) is 0 Å². The lowest BCUT2D eigenvalue weighted by Crippen LogP contribution is -2.29. The molecule has 2 atom stereocenters. The summed E-state index contributed by atoms with van der Waals surface area (Å²) in [4.78, 5) is 32.2. The third-order valence-electron chi connectivity index (χ3n) is 6.33. The molecule has 0 radical (unpaired) electrons. The number of hydrogen-bond acceptors (Lipinski definition) is 6. The number of aliphatic hydroxyl groups is 1. The van der Waals surface area contributed by atoms with Crippen molar-refractivity contribution in [3.63, 3.8) is 0 Å². The lowest BCUT2D eigenvalue weighted by molar-refractivity contribution is -0.140. The second kappa shape index (κ2) is 9.25. The van der Waals surface area contributed by atoms with Gasteiger partial charge in [0, 0.05) is 36.5 Å². The quantitative estimate of drug-likeness (QED) is 0.326. The van der Waals surface area contributed by atoms with Gasteiger partial charge in [0.15, 0.2) is 0 Å². The number of aromatic nitrogens is 1. The van der Waals surface area contributed by atoms with Crippen molar-refractivity contribution in [2.24, 2.45) is 0 Å². The van der Waals surface area contributed by atoms with Crippen LogP contribution in [0.1, 0.15) is 42.1 Å². The summed E-state index contributed by atoms with van der Waals surface area (Å²) < 4.78 is 11.6. The van der Waals surface area contributed by atoms with Crippen LogP contribution in [0.3, 0.4) is 0 Å². The van der Waals surface area contributed by atoms with Crippen molar-refractivity contribution < 1.29 is 24.2 Å². The molecular formula is C28H26N2O5. The first-order valence-corrected chi connectivity index (χ1v) is 11.7. The highest BCUT2D eigenvalue weighted by Gasteiger charge is 2.47. The summed E-state index contributed by atoms with van der Waals surface area (Å²) in [6, 6.07) is 15.4. The average molecular weight is 471 g/mol. The molecule has 1 fully saturated rings. The highest BCUT2D eigenvalue weighted by molar-refractivity contribution is 6.46. The molecule has 0 bridgehead atoms. The van der Waals surface area contributed by atoms with Gasteiger partial charge in [0.2, 0.25) is 0 Å². The molecule has 2 aliphatic rings. The number of hydrogen-bond donors (Lipinski definition) is 1. The summed E-state index contributed by atoms with van der Waals surface area (Å²) in [5.41, 5.74) is 2.94. The van der Waals surface area contributed by atoms with Gasteiger partial charge in [-0.3, -0.25) is 14.6 Å². The van der Waals surface area contributed by atoms with Crippen LogP contribution >= 0.6 is 0 Å². The summed E-state index contributed by atoms with van der Waals surface area (Å²) in [7, 11) is 0. The van der Waals surface area contributed by atoms with E-state index in [-0.39, 0.29) is 24.0 Å². The molecule has 2 aromatic carbocycles. The van der Waals surface area contributed by atoms with E-state index >= 15 is 0 Å². The Morgan fingerprint density at radius 3 is 2.69 bits per heavy atom. The minimum atomic E-state index is -0.811. The largest absolute Gasteiger partial charge is 0.507 e. The van der Waals surface area contributed by atoms with Crippen LogP contribution in [0.15, 0.2) is 72.6 Å². The second-order valence-corrected chi connectivity index (χ2v) is 8.71. The zero-order chi connectivity index (χ0) is 24.5. The molecular weight excluding hydrogens is 444 g/mol. The Labute approximate surface area is 203 Å². The molecule has 178 valence electrons. The molecule has 5 rings (SSSR count). The Bertz CT molecular complexity index is 1320. The number of likely N-dealkylation sites (tertiary alicyclic amines) is 1. The van der Waals surface area contributed by atoms with Crippen molar-refractivity contribution in [1.82, 2.24) is 9.88 Å². The normalized spacial score (nSPS) is 20.6. The van der Waals surface area contributed by atoms with E-state index in [0.717, 1.165) is 16.9 Å². The number of carbonyl (C=O) groups is 2. The van der Waals surface area contributed by atoms with Crippen molar-refractivity contribution in [3.05, 3.63) is 94.8 Å². The molecule has 3 heterocycles. The first-order chi connectivity index (χ1) is 17.0. The smallest absolute Gasteiger partial charge is 0.295 e. The van der Waals surface area contributed by atoms with E-state index < -0.39 is 17.7 Å². The first kappa shape index (κ1) is 22.7. The standard InChI is InChI=1S/C28H26N2O5/c1-3-34-23-7-5-4-6-21(23)25-24(26(31)19-8-9-22-20(15-19)14-17(2)35-22)27(32)28(33)30(25)16-18-10-12-29-13-11-18/h4-13,15,17,25,31H,3,14,16H2,1-2H3/b26-24-. The summed E-state index contributed by atoms with van der Waals surface area (Å²) in [6.07, 6.45) is 4.04. The van der Waals surface area contributed by atoms with Crippen molar-refractivity contribution >= 4 is 17.4 Å². The number of amides is 1.